The summed E-state index contributed by atoms with van der Waals surface area (Å²) in [7, 11) is 0. The summed E-state index contributed by atoms with van der Waals surface area (Å²) in [6.07, 6.45) is -1.20. The van der Waals surface area contributed by atoms with Gasteiger partial charge in [-0.2, -0.15) is 5.06 Å². The van der Waals surface area contributed by atoms with Crippen molar-refractivity contribution in [1.29, 1.82) is 0 Å². The highest BCUT2D eigenvalue weighted by molar-refractivity contribution is 5.91. The number of nitrogens with zero attached hydrogens (tertiary/aromatic N) is 3. The van der Waals surface area contributed by atoms with Gasteiger partial charge < -0.3 is 14.5 Å². The number of amides is 3. The fraction of sp³-hybridized carbons (Fsp3) is 0.219. The van der Waals surface area contributed by atoms with Gasteiger partial charge in [-0.25, -0.2) is 4.79 Å². The maximum Gasteiger partial charge on any atom is 0.436 e. The first-order chi connectivity index (χ1) is 19.6. The summed E-state index contributed by atoms with van der Waals surface area (Å²) in [5.74, 6) is -0.502. The standard InChI is InChI=1S/C32H29N3O5/c36-30-22-40-35(32(38)39-21-24-11-5-2-6-12-24)29-20-33(19-25-15-16-26-13-7-8-14-27(26)17-25)31(37)28(34(29)30)18-23-9-3-1-4-10-23/h1-17,28-29H,18-22H2. The molecule has 2 saturated heterocycles. The molecule has 2 unspecified atom stereocenters. The Morgan fingerprint density at radius 3 is 2.23 bits per heavy atom. The molecule has 8 heteroatoms. The van der Waals surface area contributed by atoms with E-state index in [1.165, 1.54) is 4.90 Å². The van der Waals surface area contributed by atoms with Crippen molar-refractivity contribution in [2.45, 2.75) is 31.8 Å². The van der Waals surface area contributed by atoms with Gasteiger partial charge >= 0.3 is 6.09 Å². The van der Waals surface area contributed by atoms with Crippen LogP contribution in [0.4, 0.5) is 4.79 Å². The maximum atomic E-state index is 13.9. The summed E-state index contributed by atoms with van der Waals surface area (Å²) in [4.78, 5) is 49.2. The van der Waals surface area contributed by atoms with Gasteiger partial charge in [-0.3, -0.25) is 14.4 Å². The summed E-state index contributed by atoms with van der Waals surface area (Å²) in [5, 5.41) is 3.31. The zero-order valence-electron chi connectivity index (χ0n) is 21.9. The average Bonchev–Trinajstić information content (AvgIpc) is 2.99. The van der Waals surface area contributed by atoms with Gasteiger partial charge in [0.1, 0.15) is 12.6 Å². The minimum absolute atomic E-state index is 0.0629. The zero-order chi connectivity index (χ0) is 27.5. The third-order valence-electron chi connectivity index (χ3n) is 7.37. The molecule has 2 fully saturated rings. The number of benzene rings is 4. The van der Waals surface area contributed by atoms with Gasteiger partial charge in [0.25, 0.3) is 5.91 Å². The van der Waals surface area contributed by atoms with Crippen LogP contribution in [0.25, 0.3) is 10.8 Å². The molecule has 3 amide bonds. The highest BCUT2D eigenvalue weighted by Gasteiger charge is 2.50. The van der Waals surface area contributed by atoms with Crippen molar-refractivity contribution < 1.29 is 24.0 Å². The van der Waals surface area contributed by atoms with Gasteiger partial charge in [0.05, 0.1) is 6.54 Å². The van der Waals surface area contributed by atoms with Crippen LogP contribution in [0.2, 0.25) is 0 Å². The Hall–Kier alpha value is -4.69. The van der Waals surface area contributed by atoms with Crippen molar-refractivity contribution >= 4 is 28.7 Å². The van der Waals surface area contributed by atoms with Crippen molar-refractivity contribution in [3.63, 3.8) is 0 Å². The SMILES string of the molecule is O=C1C(Cc2ccccc2)N2C(=O)CON(C(=O)OCc3ccccc3)C2CN1Cc1ccc2ccccc2c1. The molecular weight excluding hydrogens is 506 g/mol. The van der Waals surface area contributed by atoms with Crippen LogP contribution in [0, 0.1) is 0 Å². The molecule has 2 aliphatic heterocycles. The summed E-state index contributed by atoms with van der Waals surface area (Å²) in [6, 6.07) is 32.3. The molecule has 2 aliphatic rings. The third-order valence-corrected chi connectivity index (χ3v) is 7.37. The van der Waals surface area contributed by atoms with Gasteiger partial charge in [-0.05, 0) is 33.5 Å². The molecule has 0 bridgehead atoms. The van der Waals surface area contributed by atoms with Crippen LogP contribution in [0.1, 0.15) is 16.7 Å². The second-order valence-electron chi connectivity index (χ2n) is 10.0. The Bertz CT molecular complexity index is 1530. The lowest BCUT2D eigenvalue weighted by Gasteiger charge is -2.50. The van der Waals surface area contributed by atoms with E-state index in [9.17, 15) is 14.4 Å². The second-order valence-corrected chi connectivity index (χ2v) is 10.0. The molecule has 202 valence electrons. The van der Waals surface area contributed by atoms with Crippen LogP contribution in [-0.2, 0) is 38.7 Å². The topological polar surface area (TPSA) is 79.4 Å². The van der Waals surface area contributed by atoms with Crippen molar-refractivity contribution in [2.24, 2.45) is 0 Å². The van der Waals surface area contributed by atoms with Crippen molar-refractivity contribution in [2.75, 3.05) is 13.2 Å². The first-order valence-electron chi connectivity index (χ1n) is 13.3. The van der Waals surface area contributed by atoms with E-state index in [-0.39, 0.29) is 31.6 Å². The number of rotatable bonds is 6. The van der Waals surface area contributed by atoms with Crippen molar-refractivity contribution in [3.8, 4) is 0 Å². The van der Waals surface area contributed by atoms with E-state index < -0.39 is 18.3 Å². The van der Waals surface area contributed by atoms with Crippen molar-refractivity contribution in [1.82, 2.24) is 14.9 Å². The number of hydrogen-bond acceptors (Lipinski definition) is 5. The zero-order valence-corrected chi connectivity index (χ0v) is 21.9. The normalized spacial score (nSPS) is 19.1. The van der Waals surface area contributed by atoms with E-state index in [1.807, 2.05) is 97.1 Å². The van der Waals surface area contributed by atoms with E-state index in [4.69, 9.17) is 9.57 Å². The van der Waals surface area contributed by atoms with Gasteiger partial charge in [0.2, 0.25) is 5.91 Å². The van der Waals surface area contributed by atoms with Gasteiger partial charge in [0, 0.05) is 13.0 Å². The van der Waals surface area contributed by atoms with Crippen LogP contribution in [0.3, 0.4) is 0 Å². The molecule has 4 aromatic carbocycles. The molecule has 0 N–H and O–H groups in total. The molecule has 6 rings (SSSR count). The van der Waals surface area contributed by atoms with E-state index in [0.29, 0.717) is 13.0 Å². The largest absolute Gasteiger partial charge is 0.443 e. The summed E-state index contributed by atoms with van der Waals surface area (Å²) < 4.78 is 5.55. The predicted molar refractivity (Wildman–Crippen MR) is 148 cm³/mol. The van der Waals surface area contributed by atoms with Crippen LogP contribution < -0.4 is 0 Å². The number of hydroxylamine groups is 2. The van der Waals surface area contributed by atoms with Crippen LogP contribution >= 0.6 is 0 Å². The van der Waals surface area contributed by atoms with Crippen LogP contribution in [0.5, 0.6) is 0 Å². The highest BCUT2D eigenvalue weighted by atomic mass is 16.7. The molecule has 2 heterocycles. The molecule has 4 aromatic rings. The summed E-state index contributed by atoms with van der Waals surface area (Å²) in [6.45, 7) is 0.150. The lowest BCUT2D eigenvalue weighted by atomic mass is 9.98. The highest BCUT2D eigenvalue weighted by Crippen LogP contribution is 2.29. The summed E-state index contributed by atoms with van der Waals surface area (Å²) >= 11 is 0. The lowest BCUT2D eigenvalue weighted by Crippen LogP contribution is -2.72. The number of carbonyl (C=O) groups is 3. The van der Waals surface area contributed by atoms with Gasteiger partial charge in [-0.1, -0.05) is 97.1 Å². The number of hydrogen-bond donors (Lipinski definition) is 0. The van der Waals surface area contributed by atoms with Gasteiger partial charge in [0.15, 0.2) is 12.8 Å². The Labute approximate surface area is 232 Å². The number of piperazine rings is 1. The Balaban J connectivity index is 1.29. The molecule has 40 heavy (non-hydrogen) atoms. The Kier molecular flexibility index (Phi) is 7.16. The first kappa shape index (κ1) is 25.6. The van der Waals surface area contributed by atoms with E-state index >= 15 is 0 Å². The van der Waals surface area contributed by atoms with E-state index in [1.54, 1.807) is 4.90 Å². The smallest absolute Gasteiger partial charge is 0.436 e. The molecule has 8 nitrogen and oxygen atoms in total. The fourth-order valence-corrected chi connectivity index (χ4v) is 5.41. The Morgan fingerprint density at radius 1 is 0.800 bits per heavy atom. The van der Waals surface area contributed by atoms with Gasteiger partial charge in [-0.15, -0.1) is 0 Å². The van der Waals surface area contributed by atoms with E-state index in [2.05, 4.69) is 6.07 Å². The first-order valence-corrected chi connectivity index (χ1v) is 13.3. The molecular formula is C32H29N3O5. The van der Waals surface area contributed by atoms with E-state index in [0.717, 1.165) is 32.5 Å². The molecule has 0 aromatic heterocycles. The monoisotopic (exact) mass is 535 g/mol. The molecule has 2 atom stereocenters. The molecule has 0 radical (unpaired) electrons. The summed E-state index contributed by atoms with van der Waals surface area (Å²) in [5.41, 5.74) is 2.71. The Morgan fingerprint density at radius 2 is 1.48 bits per heavy atom. The minimum Gasteiger partial charge on any atom is -0.443 e. The van der Waals surface area contributed by atoms with Crippen LogP contribution in [-0.4, -0.2) is 58.1 Å². The van der Waals surface area contributed by atoms with Crippen LogP contribution in [0.15, 0.2) is 103 Å². The fourth-order valence-electron chi connectivity index (χ4n) is 5.41. The van der Waals surface area contributed by atoms with Crippen molar-refractivity contribution in [3.05, 3.63) is 120 Å². The second kappa shape index (κ2) is 11.2. The number of fused-ring (bicyclic) bond motifs is 2. The molecule has 0 spiro atoms. The number of carbonyl (C=O) groups excluding carboxylic acids is 3. The number of ether oxygens (including phenoxy) is 1. The lowest BCUT2D eigenvalue weighted by molar-refractivity contribution is -0.244. The molecule has 0 saturated carbocycles. The average molecular weight is 536 g/mol. The maximum absolute atomic E-state index is 13.9. The minimum atomic E-state index is -0.823. The molecule has 0 aliphatic carbocycles. The quantitative estimate of drug-likeness (QED) is 0.363. The third kappa shape index (κ3) is 5.26. The predicted octanol–water partition coefficient (Wildman–Crippen LogP) is 4.53.